The molecule has 0 saturated carbocycles. The summed E-state index contributed by atoms with van der Waals surface area (Å²) in [6.07, 6.45) is 1.65. The summed E-state index contributed by atoms with van der Waals surface area (Å²) in [5.74, 6) is -3.17. The number of likely N-dealkylation sites (N-methyl/N-ethyl adjacent to an activating group) is 1. The minimum Gasteiger partial charge on any atom is -0.355 e. The number of aromatic amines is 1. The number of halogens is 4. The third-order valence-electron chi connectivity index (χ3n) is 5.78. The molecule has 1 aromatic heterocycles. The highest BCUT2D eigenvalue weighted by molar-refractivity contribution is 6.07. The Bertz CT molecular complexity index is 1550. The zero-order valence-corrected chi connectivity index (χ0v) is 21.4. The van der Waals surface area contributed by atoms with Crippen molar-refractivity contribution >= 4 is 29.5 Å². The van der Waals surface area contributed by atoms with E-state index in [1.807, 2.05) is 6.92 Å². The zero-order chi connectivity index (χ0) is 29.0. The predicted octanol–water partition coefficient (Wildman–Crippen LogP) is 5.70. The first-order valence-corrected chi connectivity index (χ1v) is 11.9. The first-order valence-electron chi connectivity index (χ1n) is 11.9. The van der Waals surface area contributed by atoms with Crippen LogP contribution in [0, 0.1) is 12.7 Å². The largest absolute Gasteiger partial charge is 0.449 e. The summed E-state index contributed by atoms with van der Waals surface area (Å²) < 4.78 is 53.6. The lowest BCUT2D eigenvalue weighted by molar-refractivity contribution is -0.144. The van der Waals surface area contributed by atoms with Crippen LogP contribution in [0.15, 0.2) is 83.5 Å². The van der Waals surface area contributed by atoms with Gasteiger partial charge in [-0.1, -0.05) is 18.7 Å². The van der Waals surface area contributed by atoms with Crippen LogP contribution in [0.5, 0.6) is 0 Å². The van der Waals surface area contributed by atoms with Crippen molar-refractivity contribution in [3.8, 4) is 11.3 Å². The second-order valence-corrected chi connectivity index (χ2v) is 8.85. The molecule has 0 fully saturated rings. The van der Waals surface area contributed by atoms with Crippen molar-refractivity contribution in [1.82, 2.24) is 14.9 Å². The molecule has 0 radical (unpaired) electrons. The number of nitrogens with one attached hydrogen (secondary N) is 3. The van der Waals surface area contributed by atoms with Crippen molar-refractivity contribution in [1.29, 1.82) is 0 Å². The third kappa shape index (κ3) is 6.52. The number of carbonyl (C=O) groups is 2. The van der Waals surface area contributed by atoms with Gasteiger partial charge in [0, 0.05) is 35.3 Å². The number of hydrogen-bond acceptors (Lipinski definition) is 5. The Kier molecular flexibility index (Phi) is 7.98. The van der Waals surface area contributed by atoms with Crippen LogP contribution in [0.4, 0.5) is 28.9 Å². The van der Waals surface area contributed by atoms with Crippen molar-refractivity contribution < 1.29 is 27.2 Å². The molecule has 2 heterocycles. The highest BCUT2D eigenvalue weighted by Crippen LogP contribution is 2.32. The summed E-state index contributed by atoms with van der Waals surface area (Å²) in [6.45, 7) is 5.96. The van der Waals surface area contributed by atoms with E-state index in [9.17, 15) is 27.2 Å². The van der Waals surface area contributed by atoms with Gasteiger partial charge < -0.3 is 20.5 Å². The predicted molar refractivity (Wildman–Crippen MR) is 144 cm³/mol. The molecule has 4 rings (SSSR count). The summed E-state index contributed by atoms with van der Waals surface area (Å²) in [5.41, 5.74) is 1.76. The lowest BCUT2D eigenvalue weighted by atomic mass is 10.1. The standard InChI is InChI=1S/C28H24F4N6O2/c1-16-6-11-21(14-22(16)34-20-5-4-12-33-15-38(3)26(40)17(2)13-20)35-25(39)24-23(18-7-9-19(29)10-8-18)36-27(37-24)28(30,31)32/h4-11,13-15,34H,2,12H2,1,3H3,(H,35,39)(H,36,37)/b5-4-,20-13+,33-15?. The van der Waals surface area contributed by atoms with Crippen LogP contribution < -0.4 is 10.6 Å². The van der Waals surface area contributed by atoms with Crippen LogP contribution in [0.3, 0.4) is 0 Å². The molecular weight excluding hydrogens is 528 g/mol. The van der Waals surface area contributed by atoms with Gasteiger partial charge in [0.15, 0.2) is 0 Å². The van der Waals surface area contributed by atoms with Gasteiger partial charge in [-0.15, -0.1) is 0 Å². The molecule has 40 heavy (non-hydrogen) atoms. The number of benzene rings is 2. The van der Waals surface area contributed by atoms with E-state index in [2.05, 4.69) is 32.2 Å². The van der Waals surface area contributed by atoms with Gasteiger partial charge >= 0.3 is 6.18 Å². The van der Waals surface area contributed by atoms with E-state index in [4.69, 9.17) is 0 Å². The molecule has 2 aromatic carbocycles. The molecule has 3 N–H and O–H groups in total. The molecule has 0 unspecified atom stereocenters. The number of rotatable bonds is 5. The number of imidazole rings is 1. The minimum atomic E-state index is -4.84. The SMILES string of the molecule is C=C1/C=C(Nc2cc(NC(=O)c3[nH]c(C(F)(F)F)nc3-c3ccc(F)cc3)ccc2C)\C=C/CN=CN(C)C1=O. The van der Waals surface area contributed by atoms with Crippen LogP contribution in [-0.2, 0) is 11.0 Å². The number of anilines is 2. The summed E-state index contributed by atoms with van der Waals surface area (Å²) in [4.78, 5) is 36.6. The maximum atomic E-state index is 13.4. The lowest BCUT2D eigenvalue weighted by Crippen LogP contribution is -2.26. The maximum Gasteiger partial charge on any atom is 0.449 e. The van der Waals surface area contributed by atoms with E-state index in [0.29, 0.717) is 17.9 Å². The van der Waals surface area contributed by atoms with Crippen molar-refractivity contribution in [2.75, 3.05) is 24.2 Å². The summed E-state index contributed by atoms with van der Waals surface area (Å²) >= 11 is 0. The molecule has 0 aliphatic carbocycles. The summed E-state index contributed by atoms with van der Waals surface area (Å²) in [7, 11) is 1.57. The van der Waals surface area contributed by atoms with Crippen LogP contribution >= 0.6 is 0 Å². The first kappa shape index (κ1) is 28.0. The number of allylic oxidation sites excluding steroid dienone is 1. The number of amides is 2. The lowest BCUT2D eigenvalue weighted by Gasteiger charge is -2.16. The number of aromatic nitrogens is 2. The average Bonchev–Trinajstić information content (AvgIpc) is 3.36. The highest BCUT2D eigenvalue weighted by atomic mass is 19.4. The van der Waals surface area contributed by atoms with E-state index in [0.717, 1.165) is 17.7 Å². The van der Waals surface area contributed by atoms with Crippen molar-refractivity contribution in [2.24, 2.45) is 4.99 Å². The molecule has 3 aromatic rings. The molecule has 8 nitrogen and oxygen atoms in total. The van der Waals surface area contributed by atoms with Gasteiger partial charge in [0.05, 0.1) is 12.9 Å². The van der Waals surface area contributed by atoms with Crippen LogP contribution in [-0.4, -0.2) is 46.6 Å². The fourth-order valence-electron chi connectivity index (χ4n) is 3.74. The van der Waals surface area contributed by atoms with E-state index in [1.54, 1.807) is 43.5 Å². The Morgan fingerprint density at radius 3 is 2.58 bits per heavy atom. The molecule has 1 aliphatic heterocycles. The minimum absolute atomic E-state index is 0.129. The molecule has 1 aliphatic rings. The topological polar surface area (TPSA) is 102 Å². The zero-order valence-electron chi connectivity index (χ0n) is 21.4. The smallest absolute Gasteiger partial charge is 0.355 e. The number of alkyl halides is 3. The fourth-order valence-corrected chi connectivity index (χ4v) is 3.74. The van der Waals surface area contributed by atoms with Gasteiger partial charge in [0.1, 0.15) is 17.2 Å². The van der Waals surface area contributed by atoms with Crippen LogP contribution in [0.25, 0.3) is 11.3 Å². The number of aliphatic imine (C=N–C) groups is 1. The third-order valence-corrected chi connectivity index (χ3v) is 5.78. The maximum absolute atomic E-state index is 13.4. The Morgan fingerprint density at radius 1 is 1.15 bits per heavy atom. The van der Waals surface area contributed by atoms with E-state index in [-0.39, 0.29) is 28.4 Å². The molecule has 0 spiro atoms. The Labute approximate surface area is 226 Å². The Morgan fingerprint density at radius 2 is 1.88 bits per heavy atom. The number of nitrogens with zero attached hydrogens (tertiary/aromatic N) is 3. The first-order chi connectivity index (χ1) is 18.9. The second-order valence-electron chi connectivity index (χ2n) is 8.85. The van der Waals surface area contributed by atoms with Gasteiger partial charge in [-0.05, 0) is 61.0 Å². The number of carbonyl (C=O) groups excluding carboxylic acids is 2. The van der Waals surface area contributed by atoms with E-state index < -0.39 is 29.4 Å². The normalized spacial score (nSPS) is 16.4. The summed E-state index contributed by atoms with van der Waals surface area (Å²) in [6, 6.07) is 9.47. The molecule has 0 saturated heterocycles. The van der Waals surface area contributed by atoms with Gasteiger partial charge in [-0.3, -0.25) is 14.6 Å². The Balaban J connectivity index is 1.63. The van der Waals surface area contributed by atoms with Gasteiger partial charge in [0.2, 0.25) is 5.82 Å². The van der Waals surface area contributed by atoms with Crippen LogP contribution in [0.2, 0.25) is 0 Å². The highest BCUT2D eigenvalue weighted by Gasteiger charge is 2.37. The molecule has 2 amide bonds. The van der Waals surface area contributed by atoms with Gasteiger partial charge in [-0.2, -0.15) is 13.2 Å². The van der Waals surface area contributed by atoms with Crippen molar-refractivity contribution in [2.45, 2.75) is 13.1 Å². The molecular formula is C28H24F4N6O2. The molecule has 0 bridgehead atoms. The average molecular weight is 553 g/mol. The van der Waals surface area contributed by atoms with Crippen molar-refractivity contribution in [3.05, 3.63) is 101 Å². The summed E-state index contributed by atoms with van der Waals surface area (Å²) in [5, 5.41) is 5.77. The monoisotopic (exact) mass is 552 g/mol. The van der Waals surface area contributed by atoms with Crippen molar-refractivity contribution in [3.63, 3.8) is 0 Å². The molecule has 206 valence electrons. The second kappa shape index (κ2) is 11.4. The van der Waals surface area contributed by atoms with Gasteiger partial charge in [-0.25, -0.2) is 9.37 Å². The Hall–Kier alpha value is -5.00. The number of aryl methyl sites for hydroxylation is 1. The number of hydrogen-bond donors (Lipinski definition) is 3. The number of H-pyrrole nitrogens is 1. The molecule has 0 atom stereocenters. The quantitative estimate of drug-likeness (QED) is 0.279. The van der Waals surface area contributed by atoms with Gasteiger partial charge in [0.25, 0.3) is 11.8 Å². The van der Waals surface area contributed by atoms with E-state index >= 15 is 0 Å². The van der Waals surface area contributed by atoms with Crippen LogP contribution in [0.1, 0.15) is 21.9 Å². The fraction of sp³-hybridized carbons (Fsp3) is 0.143. The van der Waals surface area contributed by atoms with E-state index in [1.165, 1.54) is 23.4 Å². The molecule has 12 heteroatoms.